The largest absolute Gasteiger partial charge is 0.434 e. The van der Waals surface area contributed by atoms with E-state index in [0.717, 1.165) is 5.01 Å². The number of aromatic amines is 1. The Kier molecular flexibility index (Phi) is 5.79. The number of benzene rings is 1. The highest BCUT2D eigenvalue weighted by molar-refractivity contribution is 6.37. The number of urea groups is 1. The van der Waals surface area contributed by atoms with Crippen molar-refractivity contribution in [2.45, 2.75) is 31.6 Å². The maximum atomic E-state index is 13.3. The highest BCUT2D eigenvalue weighted by Gasteiger charge is 2.48. The Balaban J connectivity index is 1.59. The first-order valence-corrected chi connectivity index (χ1v) is 10.5. The Morgan fingerprint density at radius 1 is 1.27 bits per heavy atom. The number of nitrogens with two attached hydrogens (primary N) is 1. The second kappa shape index (κ2) is 8.31. The van der Waals surface area contributed by atoms with Crippen molar-refractivity contribution in [3.8, 4) is 11.6 Å². The molecular weight excluding hydrogens is 481 g/mol. The van der Waals surface area contributed by atoms with Crippen LogP contribution in [0.3, 0.4) is 0 Å². The van der Waals surface area contributed by atoms with Crippen LogP contribution in [-0.4, -0.2) is 28.0 Å². The highest BCUT2D eigenvalue weighted by Crippen LogP contribution is 2.48. The molecule has 13 heteroatoms. The van der Waals surface area contributed by atoms with E-state index in [4.69, 9.17) is 33.7 Å². The van der Waals surface area contributed by atoms with E-state index >= 15 is 0 Å². The number of carbonyl (C=O) groups is 1. The van der Waals surface area contributed by atoms with Crippen LogP contribution in [0.4, 0.5) is 19.3 Å². The number of carbonyl (C=O) groups excluding carboxylic acids is 1. The molecule has 2 amide bonds. The Hall–Kier alpha value is -3.18. The number of nitrogens with one attached hydrogen (secondary N) is 2. The molecular formula is C20H18Cl2F2N6O3. The van der Waals surface area contributed by atoms with Crippen molar-refractivity contribution in [2.75, 3.05) is 5.01 Å². The number of amidine groups is 1. The second-order valence-corrected chi connectivity index (χ2v) is 8.66. The Bertz CT molecular complexity index is 1220. The SMILES string of the molecule is C=C1NC(=O)N(c2cc(Cl)c(Oc3cc([C@H](C)C4CC(F)(F)C4)c(=O)[nH]n3)c(Cl)c2)N=C1N. The van der Waals surface area contributed by atoms with Crippen LogP contribution in [0.25, 0.3) is 0 Å². The summed E-state index contributed by atoms with van der Waals surface area (Å²) in [5.74, 6) is -3.48. The van der Waals surface area contributed by atoms with Gasteiger partial charge in [-0.1, -0.05) is 36.7 Å². The fraction of sp³-hybridized carbons (Fsp3) is 0.300. The van der Waals surface area contributed by atoms with E-state index < -0.39 is 23.4 Å². The Labute approximate surface area is 196 Å². The summed E-state index contributed by atoms with van der Waals surface area (Å²) < 4.78 is 32.2. The third-order valence-electron chi connectivity index (χ3n) is 5.53. The summed E-state index contributed by atoms with van der Waals surface area (Å²) >= 11 is 12.6. The van der Waals surface area contributed by atoms with Gasteiger partial charge >= 0.3 is 6.03 Å². The molecule has 9 nitrogen and oxygen atoms in total. The van der Waals surface area contributed by atoms with Crippen LogP contribution in [0, 0.1) is 5.92 Å². The summed E-state index contributed by atoms with van der Waals surface area (Å²) in [6.07, 6.45) is -0.564. The number of H-pyrrole nitrogens is 1. The van der Waals surface area contributed by atoms with Gasteiger partial charge in [0.05, 0.1) is 21.4 Å². The van der Waals surface area contributed by atoms with Crippen molar-refractivity contribution in [1.29, 1.82) is 0 Å². The Morgan fingerprint density at radius 2 is 1.91 bits per heavy atom. The van der Waals surface area contributed by atoms with Gasteiger partial charge in [-0.05, 0) is 24.0 Å². The average molecular weight is 499 g/mol. The van der Waals surface area contributed by atoms with E-state index in [1.165, 1.54) is 18.2 Å². The molecule has 4 rings (SSSR count). The van der Waals surface area contributed by atoms with Gasteiger partial charge in [0.1, 0.15) is 0 Å². The number of ether oxygens (including phenoxy) is 1. The monoisotopic (exact) mass is 498 g/mol. The fourth-order valence-corrected chi connectivity index (χ4v) is 4.16. The minimum absolute atomic E-state index is 0.00508. The maximum Gasteiger partial charge on any atom is 0.347 e. The molecule has 0 radical (unpaired) electrons. The molecule has 1 aliphatic heterocycles. The van der Waals surface area contributed by atoms with Gasteiger partial charge in [0.25, 0.3) is 5.56 Å². The number of hydrazone groups is 1. The van der Waals surface area contributed by atoms with Crippen LogP contribution >= 0.6 is 23.2 Å². The van der Waals surface area contributed by atoms with Crippen LogP contribution in [-0.2, 0) is 0 Å². The summed E-state index contributed by atoms with van der Waals surface area (Å²) in [6, 6.07) is 3.50. The zero-order valence-corrected chi connectivity index (χ0v) is 18.7. The molecule has 33 heavy (non-hydrogen) atoms. The van der Waals surface area contributed by atoms with Gasteiger partial charge in [-0.2, -0.15) is 5.01 Å². The van der Waals surface area contributed by atoms with Crippen LogP contribution in [0.5, 0.6) is 11.6 Å². The van der Waals surface area contributed by atoms with E-state index in [1.54, 1.807) is 6.92 Å². The minimum atomic E-state index is -2.70. The molecule has 1 saturated carbocycles. The zero-order valence-electron chi connectivity index (χ0n) is 17.2. The van der Waals surface area contributed by atoms with Gasteiger partial charge in [0, 0.05) is 24.5 Å². The summed E-state index contributed by atoms with van der Waals surface area (Å²) in [6.45, 7) is 5.27. The van der Waals surface area contributed by atoms with Crippen molar-refractivity contribution in [2.24, 2.45) is 16.8 Å². The average Bonchev–Trinajstić information content (AvgIpc) is 2.72. The quantitative estimate of drug-likeness (QED) is 0.565. The van der Waals surface area contributed by atoms with Crippen molar-refractivity contribution < 1.29 is 18.3 Å². The first kappa shape index (κ1) is 23.0. The third kappa shape index (κ3) is 4.51. The third-order valence-corrected chi connectivity index (χ3v) is 6.09. The second-order valence-electron chi connectivity index (χ2n) is 7.85. The molecule has 1 aromatic heterocycles. The van der Waals surface area contributed by atoms with Crippen molar-refractivity contribution in [3.05, 3.63) is 56.4 Å². The van der Waals surface area contributed by atoms with Gasteiger partial charge in [-0.3, -0.25) is 4.79 Å². The van der Waals surface area contributed by atoms with E-state index in [-0.39, 0.29) is 63.2 Å². The molecule has 1 aliphatic carbocycles. The number of anilines is 1. The van der Waals surface area contributed by atoms with Crippen LogP contribution < -0.4 is 26.4 Å². The van der Waals surface area contributed by atoms with Gasteiger partial charge < -0.3 is 15.8 Å². The minimum Gasteiger partial charge on any atom is -0.434 e. The highest BCUT2D eigenvalue weighted by atomic mass is 35.5. The molecule has 0 unspecified atom stereocenters. The van der Waals surface area contributed by atoms with Crippen LogP contribution in [0.15, 0.2) is 40.4 Å². The number of hydrogen-bond donors (Lipinski definition) is 3. The number of aromatic nitrogens is 2. The first-order valence-electron chi connectivity index (χ1n) is 9.74. The van der Waals surface area contributed by atoms with E-state index in [2.05, 4.69) is 27.2 Å². The number of nitrogens with zero attached hydrogens (tertiary/aromatic N) is 3. The lowest BCUT2D eigenvalue weighted by Crippen LogP contribution is -2.45. The number of amides is 2. The molecule has 2 aromatic rings. The van der Waals surface area contributed by atoms with Gasteiger partial charge in [-0.15, -0.1) is 10.2 Å². The summed E-state index contributed by atoms with van der Waals surface area (Å²) in [7, 11) is 0. The lowest BCUT2D eigenvalue weighted by molar-refractivity contribution is -0.116. The fourth-order valence-electron chi connectivity index (χ4n) is 3.61. The van der Waals surface area contributed by atoms with Gasteiger partial charge in [-0.25, -0.2) is 18.7 Å². The zero-order chi connectivity index (χ0) is 24.1. The molecule has 1 fully saturated rings. The van der Waals surface area contributed by atoms with Crippen LogP contribution in [0.2, 0.25) is 10.0 Å². The summed E-state index contributed by atoms with van der Waals surface area (Å²) in [4.78, 5) is 24.4. The molecule has 2 heterocycles. The molecule has 4 N–H and O–H groups in total. The number of rotatable bonds is 5. The molecule has 0 bridgehead atoms. The molecule has 0 saturated heterocycles. The first-order chi connectivity index (χ1) is 15.4. The predicted octanol–water partition coefficient (Wildman–Crippen LogP) is 4.33. The van der Waals surface area contributed by atoms with Crippen molar-refractivity contribution >= 4 is 40.8 Å². The molecule has 0 spiro atoms. The summed E-state index contributed by atoms with van der Waals surface area (Å²) in [5.41, 5.74) is 5.84. The lowest BCUT2D eigenvalue weighted by atomic mass is 9.71. The molecule has 2 aliphatic rings. The van der Waals surface area contributed by atoms with Crippen molar-refractivity contribution in [1.82, 2.24) is 15.5 Å². The maximum absolute atomic E-state index is 13.3. The standard InChI is InChI=1S/C20H18Cl2F2N6O3/c1-8(10-6-20(23,24)7-10)12-5-15(27-28-18(12)31)33-16-13(21)3-11(4-14(16)22)30-19(32)26-9(2)17(25)29-30/h3-5,8,10H,2,6-7H2,1H3,(H2,25,29)(H,26,32)(H,28,31)/t8-/m1/s1. The Morgan fingerprint density at radius 3 is 2.52 bits per heavy atom. The molecule has 1 aromatic carbocycles. The number of alkyl halides is 2. The van der Waals surface area contributed by atoms with E-state index in [9.17, 15) is 18.4 Å². The van der Waals surface area contributed by atoms with Gasteiger partial charge in [0.15, 0.2) is 11.6 Å². The number of halogens is 4. The van der Waals surface area contributed by atoms with E-state index in [1.807, 2.05) is 0 Å². The predicted molar refractivity (Wildman–Crippen MR) is 119 cm³/mol. The normalized spacial score (nSPS) is 18.9. The van der Waals surface area contributed by atoms with Gasteiger partial charge in [0.2, 0.25) is 11.8 Å². The van der Waals surface area contributed by atoms with Crippen molar-refractivity contribution in [3.63, 3.8) is 0 Å². The molecule has 1 atom stereocenters. The molecule has 174 valence electrons. The van der Waals surface area contributed by atoms with E-state index in [0.29, 0.717) is 0 Å². The van der Waals surface area contributed by atoms with Crippen LogP contribution in [0.1, 0.15) is 31.2 Å². The smallest absolute Gasteiger partial charge is 0.347 e. The number of hydrogen-bond acceptors (Lipinski definition) is 6. The lowest BCUT2D eigenvalue weighted by Gasteiger charge is -2.38. The summed E-state index contributed by atoms with van der Waals surface area (Å²) in [5, 5.41) is 13.5. The topological polar surface area (TPSA) is 126 Å².